The molecule has 0 aliphatic heterocycles. The topological polar surface area (TPSA) is 20.2 Å². The Morgan fingerprint density at radius 1 is 0.568 bits per heavy atom. The first-order valence-electron chi connectivity index (χ1n) is 15.3. The van der Waals surface area contributed by atoms with Crippen LogP contribution in [0.25, 0.3) is 22.3 Å². The van der Waals surface area contributed by atoms with Crippen molar-refractivity contribution in [3.8, 4) is 28.0 Å². The van der Waals surface area contributed by atoms with E-state index in [1.54, 1.807) is 0 Å². The van der Waals surface area contributed by atoms with Gasteiger partial charge in [0.1, 0.15) is 5.75 Å². The molecule has 0 saturated heterocycles. The molecule has 0 amide bonds. The zero-order valence-electron chi connectivity index (χ0n) is 23.5. The lowest BCUT2D eigenvalue weighted by Gasteiger charge is -2.20. The first kappa shape index (κ1) is 27.5. The summed E-state index contributed by atoms with van der Waals surface area (Å²) in [7, 11) is 0. The van der Waals surface area contributed by atoms with Crippen LogP contribution >= 0.6 is 0 Å². The maximum absolute atomic E-state index is 11.1. The van der Waals surface area contributed by atoms with E-state index < -0.39 is 0 Å². The molecule has 0 fully saturated rings. The summed E-state index contributed by atoms with van der Waals surface area (Å²) >= 11 is 0. The number of hydrogen-bond donors (Lipinski definition) is 1. The van der Waals surface area contributed by atoms with Crippen molar-refractivity contribution in [2.75, 3.05) is 0 Å². The molecule has 3 aromatic carbocycles. The smallest absolute Gasteiger partial charge is 0.119 e. The average Bonchev–Trinajstić information content (AvgIpc) is 3.30. The summed E-state index contributed by atoms with van der Waals surface area (Å²) in [6.45, 7) is 4.56. The minimum atomic E-state index is 0.485. The molecule has 0 aromatic heterocycles. The summed E-state index contributed by atoms with van der Waals surface area (Å²) in [6.07, 6.45) is 20.1. The number of phenolic OH excluding ortho intramolecular Hbond substituents is 1. The summed E-state index contributed by atoms with van der Waals surface area (Å²) in [5.41, 5.74) is 10.9. The molecule has 0 unspecified atom stereocenters. The van der Waals surface area contributed by atoms with E-state index in [-0.39, 0.29) is 0 Å². The number of phenols is 1. The van der Waals surface area contributed by atoms with Gasteiger partial charge in [0.2, 0.25) is 0 Å². The van der Waals surface area contributed by atoms with E-state index in [1.807, 2.05) is 6.07 Å². The van der Waals surface area contributed by atoms with Crippen molar-refractivity contribution in [2.45, 2.75) is 117 Å². The van der Waals surface area contributed by atoms with E-state index in [1.165, 1.54) is 122 Å². The normalized spacial score (nSPS) is 12.1. The van der Waals surface area contributed by atoms with Crippen LogP contribution in [-0.4, -0.2) is 5.11 Å². The fourth-order valence-corrected chi connectivity index (χ4v) is 6.23. The summed E-state index contributed by atoms with van der Waals surface area (Å²) < 4.78 is 0. The fraction of sp³-hybridized carbons (Fsp3) is 0.500. The summed E-state index contributed by atoms with van der Waals surface area (Å²) in [4.78, 5) is 0. The predicted octanol–water partition coefficient (Wildman–Crippen LogP) is 10.8. The Morgan fingerprint density at radius 3 is 1.92 bits per heavy atom. The van der Waals surface area contributed by atoms with Crippen LogP contribution in [0.15, 0.2) is 54.6 Å². The van der Waals surface area contributed by atoms with E-state index >= 15 is 0 Å². The molecule has 0 radical (unpaired) electrons. The average molecular weight is 497 g/mol. The zero-order valence-corrected chi connectivity index (χ0v) is 23.5. The van der Waals surface area contributed by atoms with Crippen LogP contribution < -0.4 is 0 Å². The summed E-state index contributed by atoms with van der Waals surface area (Å²) in [5, 5.41) is 11.1. The number of unbranched alkanes of at least 4 members (excludes halogenated alkanes) is 11. The molecule has 1 aliphatic rings. The second-order valence-electron chi connectivity index (χ2n) is 11.2. The molecular weight excluding hydrogens is 448 g/mol. The number of aromatic hydroxyl groups is 1. The van der Waals surface area contributed by atoms with Crippen molar-refractivity contribution in [3.05, 3.63) is 76.9 Å². The second-order valence-corrected chi connectivity index (χ2v) is 11.2. The first-order chi connectivity index (χ1) is 18.2. The summed E-state index contributed by atoms with van der Waals surface area (Å²) in [6, 6.07) is 19.8. The van der Waals surface area contributed by atoms with Crippen molar-refractivity contribution in [1.29, 1.82) is 0 Å². The molecule has 0 bridgehead atoms. The minimum absolute atomic E-state index is 0.485. The number of benzene rings is 3. The second kappa shape index (κ2) is 14.4. The third-order valence-corrected chi connectivity index (χ3v) is 8.32. The molecule has 0 atom stereocenters. The maximum atomic E-state index is 11.1. The van der Waals surface area contributed by atoms with Crippen LogP contribution in [0.3, 0.4) is 0 Å². The molecule has 3 aromatic rings. The van der Waals surface area contributed by atoms with Crippen molar-refractivity contribution in [3.63, 3.8) is 0 Å². The number of aryl methyl sites for hydroxylation is 1. The molecule has 1 N–H and O–H groups in total. The molecule has 198 valence electrons. The molecule has 1 nitrogen and oxygen atoms in total. The maximum Gasteiger partial charge on any atom is 0.119 e. The quantitative estimate of drug-likeness (QED) is 0.153. The highest BCUT2D eigenvalue weighted by molar-refractivity contribution is 5.87. The Balaban J connectivity index is 1.51. The van der Waals surface area contributed by atoms with Crippen LogP contribution in [0, 0.1) is 0 Å². The highest BCUT2D eigenvalue weighted by Gasteiger charge is 2.24. The van der Waals surface area contributed by atoms with Crippen molar-refractivity contribution >= 4 is 0 Å². The SMILES string of the molecule is CCCCCCCCCCCCc1c(O)ccc(CCCCC)c1-c1cccc2c1Cc1ccccc1-2. The lowest BCUT2D eigenvalue weighted by atomic mass is 9.85. The monoisotopic (exact) mass is 496 g/mol. The predicted molar refractivity (Wildman–Crippen MR) is 161 cm³/mol. The lowest BCUT2D eigenvalue weighted by Crippen LogP contribution is -2.01. The van der Waals surface area contributed by atoms with Crippen molar-refractivity contribution in [1.82, 2.24) is 0 Å². The molecular formula is C36H48O. The van der Waals surface area contributed by atoms with E-state index in [0.29, 0.717) is 5.75 Å². The van der Waals surface area contributed by atoms with E-state index in [4.69, 9.17) is 0 Å². The highest BCUT2D eigenvalue weighted by Crippen LogP contribution is 2.45. The standard InChI is InChI=1S/C36H48O/c1-3-5-7-8-9-10-11-12-13-15-22-33-35(37)26-25-28(19-14-6-4-2)36(33)32-24-18-23-31-30-21-17-16-20-29(30)27-34(31)32/h16-18,20-21,23-26,37H,3-15,19,22,27H2,1-2H3. The van der Waals surface area contributed by atoms with Gasteiger partial charge in [0.05, 0.1) is 0 Å². The first-order valence-corrected chi connectivity index (χ1v) is 15.3. The molecule has 37 heavy (non-hydrogen) atoms. The molecule has 0 saturated carbocycles. The lowest BCUT2D eigenvalue weighted by molar-refractivity contribution is 0.466. The zero-order chi connectivity index (χ0) is 25.9. The van der Waals surface area contributed by atoms with E-state index in [0.717, 1.165) is 25.7 Å². The van der Waals surface area contributed by atoms with Gasteiger partial charge in [-0.05, 0) is 77.1 Å². The number of rotatable bonds is 16. The van der Waals surface area contributed by atoms with Gasteiger partial charge in [-0.1, -0.05) is 133 Å². The van der Waals surface area contributed by atoms with Gasteiger partial charge in [-0.3, -0.25) is 0 Å². The van der Waals surface area contributed by atoms with Crippen LogP contribution in [0.4, 0.5) is 0 Å². The van der Waals surface area contributed by atoms with Gasteiger partial charge in [-0.25, -0.2) is 0 Å². The van der Waals surface area contributed by atoms with Gasteiger partial charge >= 0.3 is 0 Å². The van der Waals surface area contributed by atoms with Gasteiger partial charge in [-0.2, -0.15) is 0 Å². The Bertz CT molecular complexity index is 1130. The molecule has 0 spiro atoms. The van der Waals surface area contributed by atoms with Gasteiger partial charge in [0.25, 0.3) is 0 Å². The molecule has 1 aliphatic carbocycles. The molecule has 0 heterocycles. The minimum Gasteiger partial charge on any atom is -0.508 e. The highest BCUT2D eigenvalue weighted by atomic mass is 16.3. The largest absolute Gasteiger partial charge is 0.508 e. The number of hydrogen-bond acceptors (Lipinski definition) is 1. The summed E-state index contributed by atoms with van der Waals surface area (Å²) in [5.74, 6) is 0.485. The molecule has 1 heteroatoms. The third-order valence-electron chi connectivity index (χ3n) is 8.32. The third kappa shape index (κ3) is 7.07. The van der Waals surface area contributed by atoms with Crippen LogP contribution in [-0.2, 0) is 19.3 Å². The van der Waals surface area contributed by atoms with Crippen molar-refractivity contribution in [2.24, 2.45) is 0 Å². The van der Waals surface area contributed by atoms with Crippen LogP contribution in [0.1, 0.15) is 120 Å². The van der Waals surface area contributed by atoms with Crippen LogP contribution in [0.5, 0.6) is 5.75 Å². The Morgan fingerprint density at radius 2 is 1.16 bits per heavy atom. The van der Waals surface area contributed by atoms with E-state index in [9.17, 15) is 5.11 Å². The number of fused-ring (bicyclic) bond motifs is 3. The van der Waals surface area contributed by atoms with Gasteiger partial charge in [0, 0.05) is 5.56 Å². The molecule has 4 rings (SSSR count). The van der Waals surface area contributed by atoms with E-state index in [2.05, 4.69) is 62.4 Å². The van der Waals surface area contributed by atoms with Crippen LogP contribution in [0.2, 0.25) is 0 Å². The Hall–Kier alpha value is -2.54. The Kier molecular flexibility index (Phi) is 10.7. The van der Waals surface area contributed by atoms with Gasteiger partial charge < -0.3 is 5.11 Å². The van der Waals surface area contributed by atoms with Gasteiger partial charge in [0.15, 0.2) is 0 Å². The van der Waals surface area contributed by atoms with Crippen molar-refractivity contribution < 1.29 is 5.11 Å². The Labute approximate surface area is 226 Å². The van der Waals surface area contributed by atoms with Gasteiger partial charge in [-0.15, -0.1) is 0 Å². The fourth-order valence-electron chi connectivity index (χ4n) is 6.23.